The highest BCUT2D eigenvalue weighted by atomic mass is 16.4. The van der Waals surface area contributed by atoms with Crippen LogP contribution in [0.25, 0.3) is 0 Å². The molecule has 6 nitrogen and oxygen atoms in total. The lowest BCUT2D eigenvalue weighted by atomic mass is 10.2. The molecule has 0 radical (unpaired) electrons. The van der Waals surface area contributed by atoms with Gasteiger partial charge >= 0.3 is 5.97 Å². The van der Waals surface area contributed by atoms with E-state index in [4.69, 9.17) is 5.11 Å². The molecule has 2 aromatic rings. The highest BCUT2D eigenvalue weighted by molar-refractivity contribution is 6.06. The molecular formula is C14H12N2O4. The van der Waals surface area contributed by atoms with Crippen LogP contribution in [-0.4, -0.2) is 34.1 Å². The molecule has 0 unspecified atom stereocenters. The Morgan fingerprint density at radius 1 is 1.15 bits per heavy atom. The molecule has 0 bridgehead atoms. The van der Waals surface area contributed by atoms with Crippen LogP contribution >= 0.6 is 0 Å². The minimum atomic E-state index is -1.19. The Labute approximate surface area is 114 Å². The van der Waals surface area contributed by atoms with E-state index >= 15 is 0 Å². The van der Waals surface area contributed by atoms with Gasteiger partial charge in [0.2, 0.25) is 0 Å². The van der Waals surface area contributed by atoms with Crippen molar-refractivity contribution in [1.82, 2.24) is 4.98 Å². The number of aromatic carboxylic acids is 1. The minimum absolute atomic E-state index is 0.103. The van der Waals surface area contributed by atoms with E-state index in [1.54, 1.807) is 19.2 Å². The molecule has 0 aliphatic rings. The fraction of sp³-hybridized carbons (Fsp3) is 0.0714. The van der Waals surface area contributed by atoms with E-state index in [9.17, 15) is 14.7 Å². The van der Waals surface area contributed by atoms with Gasteiger partial charge in [0.15, 0.2) is 0 Å². The van der Waals surface area contributed by atoms with E-state index in [0.29, 0.717) is 5.69 Å². The van der Waals surface area contributed by atoms with Crippen LogP contribution in [0.3, 0.4) is 0 Å². The van der Waals surface area contributed by atoms with E-state index in [1.165, 1.54) is 35.4 Å². The first-order valence-electron chi connectivity index (χ1n) is 5.75. The van der Waals surface area contributed by atoms with Crippen molar-refractivity contribution < 1.29 is 19.8 Å². The molecule has 0 saturated carbocycles. The number of aromatic hydroxyl groups is 1. The van der Waals surface area contributed by atoms with Crippen molar-refractivity contribution in [3.63, 3.8) is 0 Å². The molecular weight excluding hydrogens is 260 g/mol. The smallest absolute Gasteiger partial charge is 0.354 e. The number of benzene rings is 1. The second kappa shape index (κ2) is 5.40. The standard InChI is InChI=1S/C14H12N2O4/c1-16(10-2-4-11(17)5-3-10)13(18)9-6-7-15-12(8-9)14(19)20/h2-8,17H,1H3,(H,19,20). The van der Waals surface area contributed by atoms with E-state index in [-0.39, 0.29) is 22.9 Å². The predicted octanol–water partition coefficient (Wildman–Crippen LogP) is 1.76. The zero-order valence-corrected chi connectivity index (χ0v) is 10.6. The normalized spacial score (nSPS) is 10.1. The van der Waals surface area contributed by atoms with Gasteiger partial charge in [0.25, 0.3) is 5.91 Å². The molecule has 102 valence electrons. The van der Waals surface area contributed by atoms with Crippen LogP contribution in [0.5, 0.6) is 5.75 Å². The lowest BCUT2D eigenvalue weighted by molar-refractivity contribution is 0.0690. The summed E-state index contributed by atoms with van der Waals surface area (Å²) in [6, 6.07) is 8.79. The number of phenols is 1. The van der Waals surface area contributed by atoms with E-state index in [2.05, 4.69) is 4.98 Å². The monoisotopic (exact) mass is 272 g/mol. The van der Waals surface area contributed by atoms with Gasteiger partial charge in [0.1, 0.15) is 11.4 Å². The number of amides is 1. The highest BCUT2D eigenvalue weighted by Crippen LogP contribution is 2.19. The maximum absolute atomic E-state index is 12.2. The number of carbonyl (C=O) groups excluding carboxylic acids is 1. The Bertz CT molecular complexity index is 652. The quantitative estimate of drug-likeness (QED) is 0.888. The molecule has 1 aromatic carbocycles. The largest absolute Gasteiger partial charge is 0.508 e. The third kappa shape index (κ3) is 2.74. The molecule has 0 atom stereocenters. The minimum Gasteiger partial charge on any atom is -0.508 e. The number of phenolic OH excluding ortho intramolecular Hbond substituents is 1. The van der Waals surface area contributed by atoms with Crippen LogP contribution in [0, 0.1) is 0 Å². The molecule has 20 heavy (non-hydrogen) atoms. The van der Waals surface area contributed by atoms with Gasteiger partial charge in [-0.15, -0.1) is 0 Å². The van der Waals surface area contributed by atoms with Gasteiger partial charge in [-0.3, -0.25) is 4.79 Å². The fourth-order valence-electron chi connectivity index (χ4n) is 1.67. The van der Waals surface area contributed by atoms with Crippen molar-refractivity contribution in [3.8, 4) is 5.75 Å². The van der Waals surface area contributed by atoms with Gasteiger partial charge in [0, 0.05) is 24.5 Å². The van der Waals surface area contributed by atoms with Crippen LogP contribution in [0.15, 0.2) is 42.6 Å². The summed E-state index contributed by atoms with van der Waals surface area (Å²) in [6.07, 6.45) is 1.28. The number of rotatable bonds is 3. The molecule has 1 amide bonds. The van der Waals surface area contributed by atoms with Crippen molar-refractivity contribution in [2.24, 2.45) is 0 Å². The third-order valence-electron chi connectivity index (χ3n) is 2.77. The molecule has 2 N–H and O–H groups in total. The molecule has 1 heterocycles. The second-order valence-electron chi connectivity index (χ2n) is 4.12. The van der Waals surface area contributed by atoms with Gasteiger partial charge < -0.3 is 15.1 Å². The summed E-state index contributed by atoms with van der Waals surface area (Å²) >= 11 is 0. The molecule has 2 rings (SSSR count). The number of hydrogen-bond acceptors (Lipinski definition) is 4. The van der Waals surface area contributed by atoms with Gasteiger partial charge in [-0.05, 0) is 36.4 Å². The molecule has 0 aliphatic heterocycles. The molecule has 0 saturated heterocycles. The number of aromatic nitrogens is 1. The number of pyridine rings is 1. The van der Waals surface area contributed by atoms with Crippen LogP contribution in [-0.2, 0) is 0 Å². The lowest BCUT2D eigenvalue weighted by Gasteiger charge is -2.17. The topological polar surface area (TPSA) is 90.7 Å². The molecule has 0 aliphatic carbocycles. The number of carbonyl (C=O) groups is 2. The predicted molar refractivity (Wildman–Crippen MR) is 72.0 cm³/mol. The van der Waals surface area contributed by atoms with E-state index in [1.807, 2.05) is 0 Å². The summed E-state index contributed by atoms with van der Waals surface area (Å²) in [7, 11) is 1.57. The van der Waals surface area contributed by atoms with Gasteiger partial charge in [-0.2, -0.15) is 0 Å². The summed E-state index contributed by atoms with van der Waals surface area (Å²) in [5.74, 6) is -1.45. The zero-order valence-electron chi connectivity index (χ0n) is 10.6. The first-order chi connectivity index (χ1) is 9.49. The first-order valence-corrected chi connectivity index (χ1v) is 5.75. The fourth-order valence-corrected chi connectivity index (χ4v) is 1.67. The van der Waals surface area contributed by atoms with Crippen LogP contribution in [0.4, 0.5) is 5.69 Å². The molecule has 1 aromatic heterocycles. The first kappa shape index (κ1) is 13.5. The molecule has 0 spiro atoms. The number of carboxylic acid groups (broad SMARTS) is 1. The lowest BCUT2D eigenvalue weighted by Crippen LogP contribution is -2.26. The van der Waals surface area contributed by atoms with E-state index in [0.717, 1.165) is 0 Å². The Morgan fingerprint density at radius 2 is 1.80 bits per heavy atom. The van der Waals surface area contributed by atoms with Gasteiger partial charge in [0.05, 0.1) is 0 Å². The number of nitrogens with zero attached hydrogens (tertiary/aromatic N) is 2. The number of anilines is 1. The Balaban J connectivity index is 2.28. The zero-order chi connectivity index (χ0) is 14.7. The summed E-state index contributed by atoms with van der Waals surface area (Å²) in [4.78, 5) is 28.1. The van der Waals surface area contributed by atoms with Crippen LogP contribution in [0.1, 0.15) is 20.8 Å². The van der Waals surface area contributed by atoms with Crippen molar-refractivity contribution in [2.45, 2.75) is 0 Å². The Hall–Kier alpha value is -2.89. The maximum Gasteiger partial charge on any atom is 0.354 e. The Kier molecular flexibility index (Phi) is 3.65. The number of hydrogen-bond donors (Lipinski definition) is 2. The summed E-state index contributed by atoms with van der Waals surface area (Å²) in [6.45, 7) is 0. The van der Waals surface area contributed by atoms with Crippen LogP contribution in [0.2, 0.25) is 0 Å². The van der Waals surface area contributed by atoms with Crippen molar-refractivity contribution in [2.75, 3.05) is 11.9 Å². The summed E-state index contributed by atoms with van der Waals surface area (Å²) in [5.41, 5.74) is 0.629. The maximum atomic E-state index is 12.2. The van der Waals surface area contributed by atoms with Gasteiger partial charge in [-0.25, -0.2) is 9.78 Å². The van der Waals surface area contributed by atoms with Crippen molar-refractivity contribution in [1.29, 1.82) is 0 Å². The van der Waals surface area contributed by atoms with Gasteiger partial charge in [-0.1, -0.05) is 0 Å². The average Bonchev–Trinajstić information content (AvgIpc) is 2.46. The molecule has 0 fully saturated rings. The highest BCUT2D eigenvalue weighted by Gasteiger charge is 2.15. The van der Waals surface area contributed by atoms with E-state index < -0.39 is 5.97 Å². The summed E-state index contributed by atoms with van der Waals surface area (Å²) in [5, 5.41) is 18.1. The summed E-state index contributed by atoms with van der Waals surface area (Å²) < 4.78 is 0. The Morgan fingerprint density at radius 3 is 2.40 bits per heavy atom. The van der Waals surface area contributed by atoms with Crippen LogP contribution < -0.4 is 4.90 Å². The molecule has 6 heteroatoms. The van der Waals surface area contributed by atoms with Crippen molar-refractivity contribution >= 4 is 17.6 Å². The number of carboxylic acids is 1. The van der Waals surface area contributed by atoms with Crippen molar-refractivity contribution in [3.05, 3.63) is 53.9 Å². The SMILES string of the molecule is CN(C(=O)c1ccnc(C(=O)O)c1)c1ccc(O)cc1. The second-order valence-corrected chi connectivity index (χ2v) is 4.12. The average molecular weight is 272 g/mol. The third-order valence-corrected chi connectivity index (χ3v) is 2.77.